The first-order valence-corrected chi connectivity index (χ1v) is 12.2. The van der Waals surface area contributed by atoms with E-state index in [9.17, 15) is 18.0 Å². The third-order valence-corrected chi connectivity index (χ3v) is 6.58. The molecule has 10 heteroatoms. The Hall–Kier alpha value is -2.46. The molecule has 2 aromatic heterocycles. The van der Waals surface area contributed by atoms with Crippen molar-refractivity contribution >= 4 is 5.78 Å². The first-order chi connectivity index (χ1) is 16.7. The van der Waals surface area contributed by atoms with Gasteiger partial charge in [-0.2, -0.15) is 13.2 Å². The summed E-state index contributed by atoms with van der Waals surface area (Å²) in [6.07, 6.45) is 2.52. The van der Waals surface area contributed by atoms with Crippen molar-refractivity contribution in [2.24, 2.45) is 5.92 Å². The molecule has 35 heavy (non-hydrogen) atoms. The summed E-state index contributed by atoms with van der Waals surface area (Å²) < 4.78 is 53.5. The lowest BCUT2D eigenvalue weighted by Gasteiger charge is -2.30. The van der Waals surface area contributed by atoms with Gasteiger partial charge < -0.3 is 18.8 Å². The van der Waals surface area contributed by atoms with Crippen LogP contribution < -0.4 is 4.74 Å². The SMILES string of the molecule is Cc1ncc(CC(=O)C[C@H]2CC[C@H](CCN3CCc4ccc(OCC(F)(F)F)nc4CC3)OC2)o1. The molecule has 0 N–H and O–H groups in total. The fourth-order valence-electron chi connectivity index (χ4n) is 4.72. The molecule has 1 saturated heterocycles. The van der Waals surface area contributed by atoms with E-state index in [1.54, 1.807) is 13.1 Å². The Bertz CT molecular complexity index is 987. The van der Waals surface area contributed by atoms with E-state index in [1.807, 2.05) is 6.07 Å². The number of fused-ring (bicyclic) bond motifs is 1. The molecule has 0 radical (unpaired) electrons. The number of aryl methyl sites for hydroxylation is 1. The van der Waals surface area contributed by atoms with E-state index in [1.165, 1.54) is 6.07 Å². The number of nitrogens with zero attached hydrogens (tertiary/aromatic N) is 3. The lowest BCUT2D eigenvalue weighted by atomic mass is 9.92. The van der Waals surface area contributed by atoms with Crippen molar-refractivity contribution < 1.29 is 31.9 Å². The molecule has 0 spiro atoms. The number of alkyl halides is 3. The molecule has 0 bridgehead atoms. The monoisotopic (exact) mass is 495 g/mol. The van der Waals surface area contributed by atoms with Crippen LogP contribution in [-0.4, -0.2) is 65.8 Å². The molecule has 2 atom stereocenters. The Kier molecular flexibility index (Phi) is 8.43. The van der Waals surface area contributed by atoms with Gasteiger partial charge in [-0.3, -0.25) is 4.79 Å². The van der Waals surface area contributed by atoms with Gasteiger partial charge in [0.2, 0.25) is 5.88 Å². The van der Waals surface area contributed by atoms with Crippen molar-refractivity contribution in [3.8, 4) is 5.88 Å². The second kappa shape index (κ2) is 11.5. The quantitative estimate of drug-likeness (QED) is 0.518. The van der Waals surface area contributed by atoms with E-state index in [4.69, 9.17) is 13.9 Å². The van der Waals surface area contributed by atoms with Gasteiger partial charge in [0.15, 0.2) is 12.5 Å². The van der Waals surface area contributed by atoms with E-state index in [0.717, 1.165) is 56.6 Å². The lowest BCUT2D eigenvalue weighted by Crippen LogP contribution is -2.33. The normalized spacial score (nSPS) is 21.4. The van der Waals surface area contributed by atoms with E-state index >= 15 is 0 Å². The fourth-order valence-corrected chi connectivity index (χ4v) is 4.72. The van der Waals surface area contributed by atoms with Gasteiger partial charge in [-0.15, -0.1) is 0 Å². The predicted octanol–water partition coefficient (Wildman–Crippen LogP) is 4.11. The lowest BCUT2D eigenvalue weighted by molar-refractivity contribution is -0.154. The Balaban J connectivity index is 1.16. The molecular weight excluding hydrogens is 463 g/mol. The van der Waals surface area contributed by atoms with Crippen molar-refractivity contribution in [2.45, 2.75) is 64.1 Å². The smallest absolute Gasteiger partial charge is 0.422 e. The van der Waals surface area contributed by atoms with Gasteiger partial charge >= 0.3 is 6.18 Å². The maximum Gasteiger partial charge on any atom is 0.422 e. The zero-order valence-electron chi connectivity index (χ0n) is 20.0. The number of ketones is 1. The fraction of sp³-hybridized carbons (Fsp3) is 0.640. The predicted molar refractivity (Wildman–Crippen MR) is 121 cm³/mol. The summed E-state index contributed by atoms with van der Waals surface area (Å²) in [4.78, 5) is 23.0. The minimum absolute atomic E-state index is 0.0223. The highest BCUT2D eigenvalue weighted by Gasteiger charge is 2.29. The maximum atomic E-state index is 12.4. The van der Waals surface area contributed by atoms with Crippen molar-refractivity contribution in [2.75, 3.05) is 32.8 Å². The topological polar surface area (TPSA) is 77.7 Å². The molecule has 2 aliphatic rings. The van der Waals surface area contributed by atoms with Crippen LogP contribution in [0.25, 0.3) is 0 Å². The first-order valence-electron chi connectivity index (χ1n) is 12.2. The van der Waals surface area contributed by atoms with Crippen molar-refractivity contribution in [3.63, 3.8) is 0 Å². The number of pyridine rings is 1. The number of hydrogen-bond donors (Lipinski definition) is 0. The number of halogens is 3. The number of aromatic nitrogens is 2. The Morgan fingerprint density at radius 2 is 2.06 bits per heavy atom. The third-order valence-electron chi connectivity index (χ3n) is 6.58. The zero-order chi connectivity index (χ0) is 24.8. The van der Waals surface area contributed by atoms with E-state index < -0.39 is 12.8 Å². The molecule has 192 valence electrons. The summed E-state index contributed by atoms with van der Waals surface area (Å²) in [6, 6.07) is 3.34. The van der Waals surface area contributed by atoms with Crippen LogP contribution in [0.4, 0.5) is 13.2 Å². The van der Waals surface area contributed by atoms with Crippen LogP contribution in [0.15, 0.2) is 22.7 Å². The molecular formula is C25H32F3N3O4. The zero-order valence-corrected chi connectivity index (χ0v) is 20.0. The summed E-state index contributed by atoms with van der Waals surface area (Å²) in [5.74, 6) is 1.60. The number of rotatable bonds is 9. The molecule has 1 fully saturated rings. The van der Waals surface area contributed by atoms with E-state index in [-0.39, 0.29) is 30.1 Å². The minimum atomic E-state index is -4.38. The summed E-state index contributed by atoms with van der Waals surface area (Å²) in [5.41, 5.74) is 1.88. The van der Waals surface area contributed by atoms with Gasteiger partial charge in [-0.05, 0) is 37.2 Å². The molecule has 4 rings (SSSR count). The van der Waals surface area contributed by atoms with Crippen molar-refractivity contribution in [3.05, 3.63) is 41.2 Å². The van der Waals surface area contributed by atoms with Gasteiger partial charge in [0.1, 0.15) is 11.5 Å². The van der Waals surface area contributed by atoms with Gasteiger partial charge in [0.05, 0.1) is 25.3 Å². The number of oxazole rings is 1. The van der Waals surface area contributed by atoms with Gasteiger partial charge in [-0.25, -0.2) is 9.97 Å². The maximum absolute atomic E-state index is 12.4. The standard InChI is InChI=1S/C25H32F3N3O4/c1-17-29-14-22(35-17)13-20(32)12-18-2-4-21(33-15-18)7-10-31-9-6-19-3-5-24(30-23(19)8-11-31)34-16-25(26,27)28/h3,5,14,18,21H,2,4,6-13,15-16H2,1H3/t18-,21-/m1/s1. The van der Waals surface area contributed by atoms with Crippen molar-refractivity contribution in [1.29, 1.82) is 0 Å². The number of carbonyl (C=O) groups is 1. The van der Waals surface area contributed by atoms with Gasteiger partial charge in [-0.1, -0.05) is 6.07 Å². The number of hydrogen-bond acceptors (Lipinski definition) is 7. The molecule has 0 amide bonds. The molecule has 2 aromatic rings. The number of ether oxygens (including phenoxy) is 2. The average molecular weight is 496 g/mol. The second-order valence-electron chi connectivity index (χ2n) is 9.45. The van der Waals surface area contributed by atoms with Crippen molar-refractivity contribution in [1.82, 2.24) is 14.9 Å². The first kappa shape index (κ1) is 25.6. The van der Waals surface area contributed by atoms with Crippen LogP contribution in [-0.2, 0) is 28.8 Å². The highest BCUT2D eigenvalue weighted by atomic mass is 19.4. The molecule has 4 heterocycles. The summed E-state index contributed by atoms with van der Waals surface area (Å²) in [7, 11) is 0. The minimum Gasteiger partial charge on any atom is -0.468 e. The Labute approximate surface area is 203 Å². The number of Topliss-reactive ketones (excluding diaryl/α,β-unsaturated/α-hetero) is 1. The van der Waals surface area contributed by atoms with E-state index in [2.05, 4.69) is 14.9 Å². The van der Waals surface area contributed by atoms with Crippen LogP contribution in [0, 0.1) is 12.8 Å². The summed E-state index contributed by atoms with van der Waals surface area (Å²) in [6.45, 7) is 3.60. The van der Waals surface area contributed by atoms with E-state index in [0.29, 0.717) is 31.1 Å². The summed E-state index contributed by atoms with van der Waals surface area (Å²) >= 11 is 0. The highest BCUT2D eigenvalue weighted by molar-refractivity contribution is 5.80. The number of carbonyl (C=O) groups excluding carboxylic acids is 1. The molecule has 7 nitrogen and oxygen atoms in total. The van der Waals surface area contributed by atoms with Crippen LogP contribution in [0.1, 0.15) is 48.6 Å². The second-order valence-corrected chi connectivity index (χ2v) is 9.45. The Morgan fingerprint density at radius 3 is 2.77 bits per heavy atom. The summed E-state index contributed by atoms with van der Waals surface area (Å²) in [5, 5.41) is 0. The molecule has 0 saturated carbocycles. The highest BCUT2D eigenvalue weighted by Crippen LogP contribution is 2.25. The Morgan fingerprint density at radius 1 is 1.23 bits per heavy atom. The third kappa shape index (κ3) is 8.03. The largest absolute Gasteiger partial charge is 0.468 e. The van der Waals surface area contributed by atoms with Crippen LogP contribution >= 0.6 is 0 Å². The van der Waals surface area contributed by atoms with Crippen LogP contribution in [0.3, 0.4) is 0 Å². The van der Waals surface area contributed by atoms with Crippen LogP contribution in [0.5, 0.6) is 5.88 Å². The molecule has 0 aliphatic carbocycles. The van der Waals surface area contributed by atoms with Gasteiger partial charge in [0.25, 0.3) is 0 Å². The average Bonchev–Trinajstić information content (AvgIpc) is 3.10. The molecule has 0 aromatic carbocycles. The van der Waals surface area contributed by atoms with Crippen LogP contribution in [0.2, 0.25) is 0 Å². The van der Waals surface area contributed by atoms with Gasteiger partial charge in [0, 0.05) is 51.2 Å². The molecule has 2 aliphatic heterocycles. The molecule has 0 unspecified atom stereocenters.